The Morgan fingerprint density at radius 3 is 2.60 bits per heavy atom. The largest absolute Gasteiger partial charge is 0.488 e. The van der Waals surface area contributed by atoms with Gasteiger partial charge in [0, 0.05) is 0 Å². The van der Waals surface area contributed by atoms with E-state index in [1.54, 1.807) is 30.3 Å². The standard InChI is InChI=1S/C24H18BrClN2O2/c1-16-6-5-9-21(26)23(16)28-24(29)19(14-27)12-18-10-11-22(20(25)13-18)30-15-17-7-3-2-4-8-17/h2-13H,15H2,1H3,(H,28,29)/b19-12+. The van der Waals surface area contributed by atoms with E-state index < -0.39 is 5.91 Å². The van der Waals surface area contributed by atoms with Crippen LogP contribution in [0.25, 0.3) is 6.08 Å². The lowest BCUT2D eigenvalue weighted by Crippen LogP contribution is -2.14. The fraction of sp³-hybridized carbons (Fsp3) is 0.0833. The average Bonchev–Trinajstić information content (AvgIpc) is 2.74. The summed E-state index contributed by atoms with van der Waals surface area (Å²) in [5, 5.41) is 12.6. The molecule has 1 amide bonds. The van der Waals surface area contributed by atoms with Crippen molar-refractivity contribution in [2.45, 2.75) is 13.5 Å². The molecule has 0 aliphatic rings. The molecule has 0 bridgehead atoms. The van der Waals surface area contributed by atoms with Crippen molar-refractivity contribution < 1.29 is 9.53 Å². The molecular weight excluding hydrogens is 464 g/mol. The van der Waals surface area contributed by atoms with Crippen molar-refractivity contribution in [1.29, 1.82) is 5.26 Å². The normalized spacial score (nSPS) is 10.9. The van der Waals surface area contributed by atoms with Gasteiger partial charge in [-0.1, -0.05) is 60.1 Å². The van der Waals surface area contributed by atoms with Gasteiger partial charge in [-0.2, -0.15) is 5.26 Å². The molecule has 0 saturated carbocycles. The van der Waals surface area contributed by atoms with Crippen molar-refractivity contribution >= 4 is 45.2 Å². The second kappa shape index (κ2) is 10.1. The van der Waals surface area contributed by atoms with Gasteiger partial charge in [0.15, 0.2) is 0 Å². The van der Waals surface area contributed by atoms with Crippen LogP contribution < -0.4 is 10.1 Å². The number of rotatable bonds is 6. The number of hydrogen-bond acceptors (Lipinski definition) is 3. The van der Waals surface area contributed by atoms with Crippen LogP contribution in [0.5, 0.6) is 5.75 Å². The molecule has 0 atom stereocenters. The Hall–Kier alpha value is -3.07. The smallest absolute Gasteiger partial charge is 0.266 e. The minimum atomic E-state index is -0.519. The maximum Gasteiger partial charge on any atom is 0.266 e. The third kappa shape index (κ3) is 5.50. The number of nitriles is 1. The monoisotopic (exact) mass is 480 g/mol. The molecule has 3 aromatic rings. The number of amides is 1. The molecule has 1 N–H and O–H groups in total. The highest BCUT2D eigenvalue weighted by atomic mass is 79.9. The van der Waals surface area contributed by atoms with Gasteiger partial charge in [0.1, 0.15) is 24.0 Å². The summed E-state index contributed by atoms with van der Waals surface area (Å²) >= 11 is 9.64. The summed E-state index contributed by atoms with van der Waals surface area (Å²) in [4.78, 5) is 12.6. The number of aryl methyl sites for hydroxylation is 1. The van der Waals surface area contributed by atoms with Crippen LogP contribution in [0, 0.1) is 18.3 Å². The van der Waals surface area contributed by atoms with E-state index in [0.29, 0.717) is 28.6 Å². The first-order valence-electron chi connectivity index (χ1n) is 9.12. The van der Waals surface area contributed by atoms with Gasteiger partial charge in [-0.25, -0.2) is 0 Å². The van der Waals surface area contributed by atoms with Gasteiger partial charge in [0.2, 0.25) is 0 Å². The fourth-order valence-electron chi connectivity index (χ4n) is 2.75. The predicted octanol–water partition coefficient (Wildman–Crippen LogP) is 6.54. The second-order valence-corrected chi connectivity index (χ2v) is 7.78. The Bertz CT molecular complexity index is 1120. The first-order chi connectivity index (χ1) is 14.5. The zero-order valence-electron chi connectivity index (χ0n) is 16.2. The summed E-state index contributed by atoms with van der Waals surface area (Å²) < 4.78 is 6.56. The van der Waals surface area contributed by atoms with Crippen LogP contribution in [0.4, 0.5) is 5.69 Å². The molecular formula is C24H18BrClN2O2. The first kappa shape index (κ1) is 21.6. The Morgan fingerprint density at radius 1 is 1.17 bits per heavy atom. The molecule has 150 valence electrons. The lowest BCUT2D eigenvalue weighted by molar-refractivity contribution is -0.112. The van der Waals surface area contributed by atoms with Crippen molar-refractivity contribution in [3.63, 3.8) is 0 Å². The molecule has 0 heterocycles. The van der Waals surface area contributed by atoms with Crippen LogP contribution in [0.15, 0.2) is 76.8 Å². The highest BCUT2D eigenvalue weighted by Crippen LogP contribution is 2.29. The SMILES string of the molecule is Cc1cccc(Cl)c1NC(=O)/C(C#N)=C/c1ccc(OCc2ccccc2)c(Br)c1. The van der Waals surface area contributed by atoms with Crippen molar-refractivity contribution in [2.24, 2.45) is 0 Å². The summed E-state index contributed by atoms with van der Waals surface area (Å²) in [6.07, 6.45) is 1.52. The van der Waals surface area contributed by atoms with Gasteiger partial charge >= 0.3 is 0 Å². The van der Waals surface area contributed by atoms with E-state index in [9.17, 15) is 10.1 Å². The van der Waals surface area contributed by atoms with Crippen molar-refractivity contribution in [3.05, 3.63) is 98.5 Å². The topological polar surface area (TPSA) is 62.1 Å². The molecule has 3 aromatic carbocycles. The number of benzene rings is 3. The zero-order valence-corrected chi connectivity index (χ0v) is 18.5. The molecule has 6 heteroatoms. The van der Waals surface area contributed by atoms with E-state index in [4.69, 9.17) is 16.3 Å². The number of ether oxygens (including phenoxy) is 1. The number of nitrogens with zero attached hydrogens (tertiary/aromatic N) is 1. The van der Waals surface area contributed by atoms with Gasteiger partial charge in [-0.3, -0.25) is 4.79 Å². The van der Waals surface area contributed by atoms with Crippen LogP contribution >= 0.6 is 27.5 Å². The van der Waals surface area contributed by atoms with Crippen LogP contribution in [0.2, 0.25) is 5.02 Å². The van der Waals surface area contributed by atoms with E-state index in [-0.39, 0.29) is 5.57 Å². The van der Waals surface area contributed by atoms with Crippen LogP contribution in [-0.2, 0) is 11.4 Å². The van der Waals surface area contributed by atoms with Crippen molar-refractivity contribution in [2.75, 3.05) is 5.32 Å². The molecule has 4 nitrogen and oxygen atoms in total. The number of anilines is 1. The molecule has 30 heavy (non-hydrogen) atoms. The van der Waals surface area contributed by atoms with Gasteiger partial charge in [0.05, 0.1) is 15.2 Å². The van der Waals surface area contributed by atoms with Gasteiger partial charge < -0.3 is 10.1 Å². The number of carbonyl (C=O) groups excluding carboxylic acids is 1. The van der Waals surface area contributed by atoms with E-state index in [2.05, 4.69) is 21.2 Å². The minimum absolute atomic E-state index is 0.0285. The molecule has 0 aliphatic heterocycles. The average molecular weight is 482 g/mol. The molecule has 0 spiro atoms. The first-order valence-corrected chi connectivity index (χ1v) is 10.3. The highest BCUT2D eigenvalue weighted by molar-refractivity contribution is 9.10. The Morgan fingerprint density at radius 2 is 1.93 bits per heavy atom. The van der Waals surface area contributed by atoms with Crippen LogP contribution in [0.3, 0.4) is 0 Å². The van der Waals surface area contributed by atoms with E-state index in [1.165, 1.54) is 6.08 Å². The quantitative estimate of drug-likeness (QED) is 0.321. The fourth-order valence-corrected chi connectivity index (χ4v) is 3.53. The minimum Gasteiger partial charge on any atom is -0.488 e. The third-order valence-corrected chi connectivity index (χ3v) is 5.26. The molecule has 0 aliphatic carbocycles. The Labute approximate surface area is 188 Å². The molecule has 0 saturated heterocycles. The molecule has 0 fully saturated rings. The lowest BCUT2D eigenvalue weighted by Gasteiger charge is -2.10. The lowest BCUT2D eigenvalue weighted by atomic mass is 10.1. The third-order valence-electron chi connectivity index (χ3n) is 4.33. The number of para-hydroxylation sites is 1. The predicted molar refractivity (Wildman–Crippen MR) is 123 cm³/mol. The summed E-state index contributed by atoms with van der Waals surface area (Å²) in [5.74, 6) is 0.153. The van der Waals surface area contributed by atoms with Gasteiger partial charge in [0.25, 0.3) is 5.91 Å². The van der Waals surface area contributed by atoms with Crippen LogP contribution in [0.1, 0.15) is 16.7 Å². The summed E-state index contributed by atoms with van der Waals surface area (Å²) in [6.45, 7) is 2.28. The zero-order chi connectivity index (χ0) is 21.5. The molecule has 0 aromatic heterocycles. The number of hydrogen-bond donors (Lipinski definition) is 1. The summed E-state index contributed by atoms with van der Waals surface area (Å²) in [7, 11) is 0. The van der Waals surface area contributed by atoms with E-state index in [0.717, 1.165) is 15.6 Å². The number of halogens is 2. The number of carbonyl (C=O) groups is 1. The molecule has 0 unspecified atom stereocenters. The number of nitrogens with one attached hydrogen (secondary N) is 1. The van der Waals surface area contributed by atoms with Crippen LogP contribution in [-0.4, -0.2) is 5.91 Å². The second-order valence-electron chi connectivity index (χ2n) is 6.52. The van der Waals surface area contributed by atoms with E-state index >= 15 is 0 Å². The summed E-state index contributed by atoms with van der Waals surface area (Å²) in [6, 6.07) is 22.5. The molecule has 3 rings (SSSR count). The van der Waals surface area contributed by atoms with E-state index in [1.807, 2.05) is 49.4 Å². The molecule has 0 radical (unpaired) electrons. The maximum absolute atomic E-state index is 12.6. The highest BCUT2D eigenvalue weighted by Gasteiger charge is 2.13. The van der Waals surface area contributed by atoms with Gasteiger partial charge in [-0.05, 0) is 63.8 Å². The van der Waals surface area contributed by atoms with Crippen molar-refractivity contribution in [3.8, 4) is 11.8 Å². The van der Waals surface area contributed by atoms with Crippen molar-refractivity contribution in [1.82, 2.24) is 0 Å². The van der Waals surface area contributed by atoms with Gasteiger partial charge in [-0.15, -0.1) is 0 Å². The maximum atomic E-state index is 12.6. The Balaban J connectivity index is 1.74. The Kier molecular flexibility index (Phi) is 7.29. The summed E-state index contributed by atoms with van der Waals surface area (Å²) in [5.41, 5.74) is 3.04.